The predicted molar refractivity (Wildman–Crippen MR) is 112 cm³/mol. The van der Waals surface area contributed by atoms with E-state index < -0.39 is 0 Å². The minimum absolute atomic E-state index is 0.0880. The molecule has 3 heterocycles. The Bertz CT molecular complexity index is 1040. The standard InChI is InChI=1S/C21H27N5OS/c1-25-11-14(10-23-25)12-26-13-22-20-19(21(26)27)17-8-7-16(9-18(17)28-20)24-15-5-3-2-4-6-15/h10-11,13,15-16,24H,2-9,12H2,1H3. The fraction of sp³-hybridized carbons (Fsp3) is 0.571. The van der Waals surface area contributed by atoms with Crippen LogP contribution in [-0.4, -0.2) is 31.4 Å². The normalized spacial score (nSPS) is 20.5. The monoisotopic (exact) mass is 397 g/mol. The highest BCUT2D eigenvalue weighted by Crippen LogP contribution is 2.34. The number of aromatic nitrogens is 4. The van der Waals surface area contributed by atoms with Gasteiger partial charge in [0.25, 0.3) is 5.56 Å². The van der Waals surface area contributed by atoms with Crippen LogP contribution in [0.3, 0.4) is 0 Å². The van der Waals surface area contributed by atoms with Crippen molar-refractivity contribution in [2.45, 2.75) is 70.0 Å². The minimum Gasteiger partial charge on any atom is -0.311 e. The van der Waals surface area contributed by atoms with Gasteiger partial charge in [-0.15, -0.1) is 11.3 Å². The van der Waals surface area contributed by atoms with Crippen LogP contribution >= 0.6 is 11.3 Å². The average Bonchev–Trinajstić information content (AvgIpc) is 3.28. The van der Waals surface area contributed by atoms with E-state index in [1.165, 1.54) is 42.5 Å². The van der Waals surface area contributed by atoms with Gasteiger partial charge in [-0.2, -0.15) is 5.10 Å². The Hall–Kier alpha value is -1.99. The molecule has 1 N–H and O–H groups in total. The van der Waals surface area contributed by atoms with Crippen LogP contribution in [-0.2, 0) is 26.4 Å². The molecule has 3 aromatic rings. The molecule has 28 heavy (non-hydrogen) atoms. The van der Waals surface area contributed by atoms with E-state index in [0.717, 1.165) is 35.0 Å². The van der Waals surface area contributed by atoms with Crippen molar-refractivity contribution < 1.29 is 0 Å². The highest BCUT2D eigenvalue weighted by Gasteiger charge is 2.27. The van der Waals surface area contributed by atoms with Crippen molar-refractivity contribution in [1.82, 2.24) is 24.6 Å². The Kier molecular flexibility index (Phi) is 4.80. The van der Waals surface area contributed by atoms with Crippen LogP contribution < -0.4 is 10.9 Å². The van der Waals surface area contributed by atoms with Gasteiger partial charge in [0, 0.05) is 35.8 Å². The van der Waals surface area contributed by atoms with Gasteiger partial charge in [0.15, 0.2) is 0 Å². The van der Waals surface area contributed by atoms with Crippen molar-refractivity contribution >= 4 is 21.6 Å². The van der Waals surface area contributed by atoms with E-state index in [9.17, 15) is 4.79 Å². The number of nitrogens with zero attached hydrogens (tertiary/aromatic N) is 4. The molecular weight excluding hydrogens is 370 g/mol. The number of rotatable bonds is 4. The van der Waals surface area contributed by atoms with Crippen molar-refractivity contribution in [3.63, 3.8) is 0 Å². The zero-order valence-corrected chi connectivity index (χ0v) is 17.2. The highest BCUT2D eigenvalue weighted by molar-refractivity contribution is 7.18. The second-order valence-corrected chi connectivity index (χ2v) is 9.41. The van der Waals surface area contributed by atoms with Gasteiger partial charge in [0.1, 0.15) is 4.83 Å². The summed E-state index contributed by atoms with van der Waals surface area (Å²) in [6.45, 7) is 0.520. The van der Waals surface area contributed by atoms with E-state index in [1.807, 2.05) is 13.2 Å². The maximum Gasteiger partial charge on any atom is 0.262 e. The molecule has 2 aliphatic rings. The SMILES string of the molecule is Cn1cc(Cn2cnc3sc4c(c3c2=O)CCC(NC2CCCCC2)C4)cn1. The smallest absolute Gasteiger partial charge is 0.262 e. The topological polar surface area (TPSA) is 64.7 Å². The molecule has 0 aromatic carbocycles. The number of thiophene rings is 1. The number of fused-ring (bicyclic) bond motifs is 3. The molecule has 1 atom stereocenters. The van der Waals surface area contributed by atoms with Crippen LogP contribution in [0.5, 0.6) is 0 Å². The maximum atomic E-state index is 13.2. The first kappa shape index (κ1) is 18.1. The van der Waals surface area contributed by atoms with E-state index in [2.05, 4.69) is 15.4 Å². The molecule has 1 fully saturated rings. The van der Waals surface area contributed by atoms with Crippen LogP contribution in [0.4, 0.5) is 0 Å². The Morgan fingerprint density at radius 3 is 2.86 bits per heavy atom. The second kappa shape index (κ2) is 7.44. The summed E-state index contributed by atoms with van der Waals surface area (Å²) in [5.41, 5.74) is 2.36. The Morgan fingerprint density at radius 2 is 2.07 bits per heavy atom. The van der Waals surface area contributed by atoms with Crippen molar-refractivity contribution in [2.75, 3.05) is 0 Å². The van der Waals surface area contributed by atoms with Gasteiger partial charge in [-0.05, 0) is 37.7 Å². The molecule has 0 bridgehead atoms. The van der Waals surface area contributed by atoms with Crippen LogP contribution in [0.1, 0.15) is 54.5 Å². The van der Waals surface area contributed by atoms with Gasteiger partial charge in [0.2, 0.25) is 0 Å². The first-order valence-corrected chi connectivity index (χ1v) is 11.2. The molecule has 0 spiro atoms. The minimum atomic E-state index is 0.0880. The summed E-state index contributed by atoms with van der Waals surface area (Å²) in [6, 6.07) is 1.23. The first-order valence-electron chi connectivity index (χ1n) is 10.4. The Labute approximate surface area is 168 Å². The molecule has 1 saturated carbocycles. The van der Waals surface area contributed by atoms with E-state index in [4.69, 9.17) is 0 Å². The molecule has 6 nitrogen and oxygen atoms in total. The fourth-order valence-corrected chi connectivity index (χ4v) is 6.07. The lowest BCUT2D eigenvalue weighted by Crippen LogP contribution is -2.42. The summed E-state index contributed by atoms with van der Waals surface area (Å²) in [4.78, 5) is 20.0. The van der Waals surface area contributed by atoms with E-state index in [-0.39, 0.29) is 5.56 Å². The largest absolute Gasteiger partial charge is 0.311 e. The summed E-state index contributed by atoms with van der Waals surface area (Å²) in [7, 11) is 1.89. The number of hydrogen-bond donors (Lipinski definition) is 1. The summed E-state index contributed by atoms with van der Waals surface area (Å²) < 4.78 is 3.48. The molecule has 0 aliphatic heterocycles. The van der Waals surface area contributed by atoms with Crippen molar-refractivity contribution in [2.24, 2.45) is 7.05 Å². The molecule has 148 valence electrons. The molecule has 0 radical (unpaired) electrons. The Morgan fingerprint density at radius 1 is 1.21 bits per heavy atom. The molecule has 7 heteroatoms. The van der Waals surface area contributed by atoms with Crippen LogP contribution in [0.15, 0.2) is 23.5 Å². The lowest BCUT2D eigenvalue weighted by atomic mass is 9.90. The molecule has 2 aliphatic carbocycles. The van der Waals surface area contributed by atoms with Gasteiger partial charge in [0.05, 0.1) is 24.5 Å². The zero-order valence-electron chi connectivity index (χ0n) is 16.4. The van der Waals surface area contributed by atoms with E-state index in [0.29, 0.717) is 18.6 Å². The summed E-state index contributed by atoms with van der Waals surface area (Å²) in [5, 5.41) is 8.94. The lowest BCUT2D eigenvalue weighted by Gasteiger charge is -2.30. The third-order valence-corrected chi connectivity index (χ3v) is 7.39. The molecule has 0 amide bonds. The molecule has 3 aromatic heterocycles. The number of nitrogens with one attached hydrogen (secondary N) is 1. The number of aryl methyl sites for hydroxylation is 2. The second-order valence-electron chi connectivity index (χ2n) is 8.33. The van der Waals surface area contributed by atoms with Crippen molar-refractivity contribution in [1.29, 1.82) is 0 Å². The van der Waals surface area contributed by atoms with Crippen molar-refractivity contribution in [3.05, 3.63) is 45.1 Å². The molecule has 1 unspecified atom stereocenters. The van der Waals surface area contributed by atoms with Crippen LogP contribution in [0, 0.1) is 0 Å². The predicted octanol–water partition coefficient (Wildman–Crippen LogP) is 3.02. The zero-order chi connectivity index (χ0) is 19.1. The van der Waals surface area contributed by atoms with Crippen LogP contribution in [0.2, 0.25) is 0 Å². The summed E-state index contributed by atoms with van der Waals surface area (Å²) in [6.07, 6.45) is 15.3. The quantitative estimate of drug-likeness (QED) is 0.735. The van der Waals surface area contributed by atoms with Crippen LogP contribution in [0.25, 0.3) is 10.2 Å². The molecule has 0 saturated heterocycles. The van der Waals surface area contributed by atoms with Crippen molar-refractivity contribution in [3.8, 4) is 0 Å². The third kappa shape index (κ3) is 3.42. The summed E-state index contributed by atoms with van der Waals surface area (Å²) in [5.74, 6) is 0. The Balaban J connectivity index is 1.40. The van der Waals surface area contributed by atoms with Gasteiger partial charge >= 0.3 is 0 Å². The van der Waals surface area contributed by atoms with E-state index >= 15 is 0 Å². The molecular formula is C21H27N5OS. The lowest BCUT2D eigenvalue weighted by molar-refractivity contribution is 0.322. The third-order valence-electron chi connectivity index (χ3n) is 6.22. The van der Waals surface area contributed by atoms with Gasteiger partial charge in [-0.1, -0.05) is 19.3 Å². The van der Waals surface area contributed by atoms with Gasteiger partial charge < -0.3 is 5.32 Å². The fourth-order valence-electron chi connectivity index (χ4n) is 4.81. The van der Waals surface area contributed by atoms with Gasteiger partial charge in [-0.3, -0.25) is 14.0 Å². The van der Waals surface area contributed by atoms with Gasteiger partial charge in [-0.25, -0.2) is 4.98 Å². The number of hydrogen-bond acceptors (Lipinski definition) is 5. The first-order chi connectivity index (χ1) is 13.7. The van der Waals surface area contributed by atoms with E-state index in [1.54, 1.807) is 33.1 Å². The average molecular weight is 398 g/mol. The highest BCUT2D eigenvalue weighted by atomic mass is 32.1. The maximum absolute atomic E-state index is 13.2. The summed E-state index contributed by atoms with van der Waals surface area (Å²) >= 11 is 1.72. The molecule has 5 rings (SSSR count).